The summed E-state index contributed by atoms with van der Waals surface area (Å²) in [6, 6.07) is 3.94. The second kappa shape index (κ2) is 9.72. The van der Waals surface area contributed by atoms with Crippen LogP contribution in [-0.2, 0) is 9.53 Å². The van der Waals surface area contributed by atoms with E-state index in [1.54, 1.807) is 13.4 Å². The Morgan fingerprint density at radius 2 is 1.90 bits per heavy atom. The van der Waals surface area contributed by atoms with E-state index >= 15 is 0 Å². The third-order valence-corrected chi connectivity index (χ3v) is 6.67. The summed E-state index contributed by atoms with van der Waals surface area (Å²) in [5.74, 6) is 2.71. The molecule has 2 aromatic rings. The number of furan rings is 1. The lowest BCUT2D eigenvalue weighted by atomic mass is 9.78. The summed E-state index contributed by atoms with van der Waals surface area (Å²) in [7, 11) is 1.60. The van der Waals surface area contributed by atoms with Gasteiger partial charge in [0.2, 0.25) is 0 Å². The Balaban J connectivity index is 1.17. The number of aromatic nitrogens is 1. The minimum absolute atomic E-state index is 0.259. The van der Waals surface area contributed by atoms with Crippen molar-refractivity contribution in [1.82, 2.24) is 9.88 Å². The number of nitrogens with zero attached hydrogens (tertiary/aromatic N) is 3. The molecule has 1 aliphatic carbocycles. The lowest BCUT2D eigenvalue weighted by molar-refractivity contribution is -0.123. The number of methoxy groups -OCH3 is 1. The van der Waals surface area contributed by atoms with E-state index in [2.05, 4.69) is 14.8 Å². The minimum Gasteiger partial charge on any atom is -0.464 e. The van der Waals surface area contributed by atoms with Gasteiger partial charge in [-0.15, -0.1) is 0 Å². The van der Waals surface area contributed by atoms with Gasteiger partial charge in [-0.1, -0.05) is 12.8 Å². The molecule has 0 spiro atoms. The van der Waals surface area contributed by atoms with Crippen LogP contribution in [0.5, 0.6) is 0 Å². The van der Waals surface area contributed by atoms with Crippen LogP contribution in [0.2, 0.25) is 0 Å². The Morgan fingerprint density at radius 3 is 2.66 bits per heavy atom. The van der Waals surface area contributed by atoms with Gasteiger partial charge in [0, 0.05) is 45.9 Å². The largest absolute Gasteiger partial charge is 0.464 e. The van der Waals surface area contributed by atoms with E-state index in [0.29, 0.717) is 12.3 Å². The van der Waals surface area contributed by atoms with E-state index in [4.69, 9.17) is 9.15 Å². The molecule has 0 bridgehead atoms. The predicted molar refractivity (Wildman–Crippen MR) is 114 cm³/mol. The summed E-state index contributed by atoms with van der Waals surface area (Å²) in [6.45, 7) is 5.69. The number of pyridine rings is 1. The number of fused-ring (bicyclic) bond motifs is 1. The van der Waals surface area contributed by atoms with Crippen molar-refractivity contribution in [2.75, 3.05) is 51.3 Å². The zero-order chi connectivity index (χ0) is 20.1. The van der Waals surface area contributed by atoms with Gasteiger partial charge >= 0.3 is 0 Å². The van der Waals surface area contributed by atoms with Crippen molar-refractivity contribution < 1.29 is 13.9 Å². The molecule has 6 nitrogen and oxygen atoms in total. The zero-order valence-corrected chi connectivity index (χ0v) is 17.5. The Hall–Kier alpha value is -1.92. The number of anilines is 1. The maximum absolute atomic E-state index is 11.8. The second-order valence-electron chi connectivity index (χ2n) is 8.65. The van der Waals surface area contributed by atoms with Crippen molar-refractivity contribution in [2.45, 2.75) is 38.5 Å². The zero-order valence-electron chi connectivity index (χ0n) is 17.5. The van der Waals surface area contributed by atoms with Crippen LogP contribution in [0.4, 0.5) is 5.82 Å². The molecule has 1 aliphatic heterocycles. The Morgan fingerprint density at radius 1 is 1.14 bits per heavy atom. The van der Waals surface area contributed by atoms with Crippen molar-refractivity contribution in [3.63, 3.8) is 0 Å². The molecule has 0 N–H and O–H groups in total. The first kappa shape index (κ1) is 20.4. The van der Waals surface area contributed by atoms with Gasteiger partial charge in [-0.3, -0.25) is 9.69 Å². The van der Waals surface area contributed by atoms with Crippen molar-refractivity contribution in [3.8, 4) is 0 Å². The smallest absolute Gasteiger partial charge is 0.158 e. The quantitative estimate of drug-likeness (QED) is 0.674. The monoisotopic (exact) mass is 399 g/mol. The van der Waals surface area contributed by atoms with Crippen LogP contribution in [0.1, 0.15) is 38.5 Å². The molecular weight excluding hydrogens is 366 g/mol. The Kier molecular flexibility index (Phi) is 6.82. The van der Waals surface area contributed by atoms with Crippen LogP contribution in [-0.4, -0.2) is 62.1 Å². The van der Waals surface area contributed by atoms with Crippen LogP contribution >= 0.6 is 0 Å². The molecule has 3 heterocycles. The fourth-order valence-corrected chi connectivity index (χ4v) is 4.95. The van der Waals surface area contributed by atoms with E-state index in [1.807, 2.05) is 18.3 Å². The Bertz CT molecular complexity index is 790. The van der Waals surface area contributed by atoms with Gasteiger partial charge in [0.25, 0.3) is 0 Å². The molecule has 6 heteroatoms. The summed E-state index contributed by atoms with van der Waals surface area (Å²) < 4.78 is 10.5. The Labute approximate surface area is 173 Å². The van der Waals surface area contributed by atoms with Crippen LogP contribution in [0, 0.1) is 11.8 Å². The van der Waals surface area contributed by atoms with Crippen LogP contribution in [0.3, 0.4) is 0 Å². The highest BCUT2D eigenvalue weighted by atomic mass is 16.5. The number of hydrogen-bond acceptors (Lipinski definition) is 6. The molecule has 0 atom stereocenters. The lowest BCUT2D eigenvalue weighted by Crippen LogP contribution is -2.47. The molecule has 1 saturated heterocycles. The van der Waals surface area contributed by atoms with Crippen LogP contribution in [0.25, 0.3) is 11.0 Å². The summed E-state index contributed by atoms with van der Waals surface area (Å²) in [4.78, 5) is 21.4. The van der Waals surface area contributed by atoms with E-state index < -0.39 is 0 Å². The standard InChI is InChI=1S/C23H33N3O3/c1-28-17-20(27)16-19-4-2-18(3-5-19)7-10-25-11-13-26(14-12-25)23-21-8-15-29-22(21)6-9-24-23/h6,8-9,15,18-19H,2-5,7,10-14,16-17H2,1H3. The molecule has 4 rings (SSSR count). The molecule has 0 radical (unpaired) electrons. The van der Waals surface area contributed by atoms with Gasteiger partial charge in [0.05, 0.1) is 11.6 Å². The number of carbonyl (C=O) groups excluding carboxylic acids is 1. The van der Waals surface area contributed by atoms with Gasteiger partial charge in [-0.25, -0.2) is 4.98 Å². The summed E-state index contributed by atoms with van der Waals surface area (Å²) in [6.07, 6.45) is 10.5. The average Bonchev–Trinajstić information content (AvgIpc) is 3.23. The number of hydrogen-bond donors (Lipinski definition) is 0. The summed E-state index contributed by atoms with van der Waals surface area (Å²) in [5, 5.41) is 1.11. The van der Waals surface area contributed by atoms with Gasteiger partial charge in [0.15, 0.2) is 5.78 Å². The molecule has 29 heavy (non-hydrogen) atoms. The third-order valence-electron chi connectivity index (χ3n) is 6.67. The second-order valence-corrected chi connectivity index (χ2v) is 8.65. The fourth-order valence-electron chi connectivity index (χ4n) is 4.95. The number of carbonyl (C=O) groups is 1. The highest BCUT2D eigenvalue weighted by molar-refractivity contribution is 5.88. The van der Waals surface area contributed by atoms with E-state index in [-0.39, 0.29) is 12.4 Å². The van der Waals surface area contributed by atoms with E-state index in [0.717, 1.165) is 48.9 Å². The van der Waals surface area contributed by atoms with E-state index in [9.17, 15) is 4.79 Å². The van der Waals surface area contributed by atoms with E-state index in [1.165, 1.54) is 38.6 Å². The number of ketones is 1. The van der Waals surface area contributed by atoms with Crippen molar-refractivity contribution >= 4 is 22.6 Å². The van der Waals surface area contributed by atoms with Crippen molar-refractivity contribution in [3.05, 3.63) is 24.6 Å². The molecule has 2 aliphatic rings. The maximum atomic E-state index is 11.8. The predicted octanol–water partition coefficient (Wildman–Crippen LogP) is 3.75. The first-order valence-electron chi connectivity index (χ1n) is 11.0. The first-order chi connectivity index (χ1) is 14.2. The third kappa shape index (κ3) is 5.17. The van der Waals surface area contributed by atoms with Crippen LogP contribution < -0.4 is 4.90 Å². The highest BCUT2D eigenvalue weighted by Gasteiger charge is 2.25. The molecule has 2 aromatic heterocycles. The SMILES string of the molecule is COCC(=O)CC1CCC(CCN2CCN(c3nccc4occc34)CC2)CC1. The van der Waals surface area contributed by atoms with Gasteiger partial charge in [0.1, 0.15) is 18.0 Å². The molecule has 1 saturated carbocycles. The van der Waals surface area contributed by atoms with Crippen molar-refractivity contribution in [1.29, 1.82) is 0 Å². The molecule has 158 valence electrons. The van der Waals surface area contributed by atoms with Gasteiger partial charge in [-0.2, -0.15) is 0 Å². The number of rotatable bonds is 8. The number of Topliss-reactive ketones (excluding diaryl/α,β-unsaturated/α-hetero) is 1. The maximum Gasteiger partial charge on any atom is 0.158 e. The molecule has 2 fully saturated rings. The molecule has 0 aromatic carbocycles. The van der Waals surface area contributed by atoms with Crippen molar-refractivity contribution in [2.24, 2.45) is 11.8 Å². The molecule has 0 amide bonds. The molecular formula is C23H33N3O3. The highest BCUT2D eigenvalue weighted by Crippen LogP contribution is 2.33. The number of ether oxygens (including phenoxy) is 1. The number of piperazine rings is 1. The first-order valence-corrected chi connectivity index (χ1v) is 11.0. The summed E-state index contributed by atoms with van der Waals surface area (Å²) >= 11 is 0. The van der Waals surface area contributed by atoms with Crippen LogP contribution in [0.15, 0.2) is 29.0 Å². The molecule has 0 unspecified atom stereocenters. The average molecular weight is 400 g/mol. The summed E-state index contributed by atoms with van der Waals surface area (Å²) in [5.41, 5.74) is 0.914. The van der Waals surface area contributed by atoms with Gasteiger partial charge in [-0.05, 0) is 49.8 Å². The minimum atomic E-state index is 0.259. The lowest BCUT2D eigenvalue weighted by Gasteiger charge is -2.36. The van der Waals surface area contributed by atoms with Gasteiger partial charge < -0.3 is 14.1 Å². The normalized spacial score (nSPS) is 23.6. The fraction of sp³-hybridized carbons (Fsp3) is 0.652. The topological polar surface area (TPSA) is 58.8 Å².